The summed E-state index contributed by atoms with van der Waals surface area (Å²) in [5, 5.41) is 7.44. The van der Waals surface area contributed by atoms with Crippen molar-refractivity contribution in [3.05, 3.63) is 53.4 Å². The number of benzene rings is 2. The van der Waals surface area contributed by atoms with Crippen molar-refractivity contribution in [3.63, 3.8) is 0 Å². The zero-order valence-corrected chi connectivity index (χ0v) is 16.3. The molecule has 7 nitrogen and oxygen atoms in total. The monoisotopic (exact) mass is 401 g/mol. The molecule has 0 aliphatic rings. The van der Waals surface area contributed by atoms with Gasteiger partial charge < -0.3 is 19.3 Å². The highest BCUT2D eigenvalue weighted by Crippen LogP contribution is 2.29. The molecular formula is C20H20ClN3O4. The first-order valence-corrected chi connectivity index (χ1v) is 9.07. The molecule has 1 heterocycles. The Morgan fingerprint density at radius 1 is 1.14 bits per heavy atom. The number of methoxy groups -OCH3 is 2. The molecule has 0 unspecified atom stereocenters. The molecule has 2 aromatic carbocycles. The number of aromatic nitrogens is 2. The van der Waals surface area contributed by atoms with Crippen LogP contribution in [-0.4, -0.2) is 30.3 Å². The van der Waals surface area contributed by atoms with Crippen LogP contribution in [0.4, 0.5) is 5.69 Å². The Balaban J connectivity index is 1.51. The number of ether oxygens (including phenoxy) is 2. The van der Waals surface area contributed by atoms with Crippen molar-refractivity contribution < 1.29 is 18.8 Å². The molecule has 1 aromatic heterocycles. The van der Waals surface area contributed by atoms with Crippen LogP contribution in [0.25, 0.3) is 11.4 Å². The molecule has 28 heavy (non-hydrogen) atoms. The minimum Gasteiger partial charge on any atom is -0.497 e. The van der Waals surface area contributed by atoms with Crippen LogP contribution in [0.5, 0.6) is 11.5 Å². The van der Waals surface area contributed by atoms with Crippen LogP contribution in [0.2, 0.25) is 5.02 Å². The summed E-state index contributed by atoms with van der Waals surface area (Å²) in [6.07, 6.45) is 1.40. The number of anilines is 1. The van der Waals surface area contributed by atoms with Gasteiger partial charge in [0.15, 0.2) is 0 Å². The number of aryl methyl sites for hydroxylation is 1. The standard InChI is InChI=1S/C20H20ClN3O4/c1-26-15-10-11-16(17(12-15)27-2)22-18(25)4-3-5-19-23-20(24-28-19)13-6-8-14(21)9-7-13/h6-12H,3-5H2,1-2H3,(H,22,25). The number of hydrogen-bond acceptors (Lipinski definition) is 6. The second-order valence-corrected chi connectivity index (χ2v) is 6.42. The van der Waals surface area contributed by atoms with Crippen LogP contribution in [0.1, 0.15) is 18.7 Å². The molecule has 3 aromatic rings. The molecule has 0 saturated heterocycles. The van der Waals surface area contributed by atoms with Crippen LogP contribution in [0.15, 0.2) is 47.0 Å². The number of rotatable bonds is 8. The highest BCUT2D eigenvalue weighted by atomic mass is 35.5. The van der Waals surface area contributed by atoms with Crippen molar-refractivity contribution in [1.82, 2.24) is 10.1 Å². The molecule has 0 bridgehead atoms. The molecular weight excluding hydrogens is 382 g/mol. The van der Waals surface area contributed by atoms with Crippen LogP contribution in [0.3, 0.4) is 0 Å². The summed E-state index contributed by atoms with van der Waals surface area (Å²) in [6, 6.07) is 12.4. The second kappa shape index (κ2) is 9.23. The van der Waals surface area contributed by atoms with E-state index in [-0.39, 0.29) is 5.91 Å². The first-order valence-electron chi connectivity index (χ1n) is 8.69. The highest BCUT2D eigenvalue weighted by Gasteiger charge is 2.11. The van der Waals surface area contributed by atoms with Crippen molar-refractivity contribution >= 4 is 23.2 Å². The zero-order valence-electron chi connectivity index (χ0n) is 15.6. The Morgan fingerprint density at radius 3 is 2.64 bits per heavy atom. The predicted octanol–water partition coefficient (Wildman–Crippen LogP) is 4.37. The topological polar surface area (TPSA) is 86.5 Å². The van der Waals surface area contributed by atoms with Gasteiger partial charge >= 0.3 is 0 Å². The van der Waals surface area contributed by atoms with Crippen molar-refractivity contribution in [2.45, 2.75) is 19.3 Å². The summed E-state index contributed by atoms with van der Waals surface area (Å²) in [4.78, 5) is 16.6. The fourth-order valence-corrected chi connectivity index (χ4v) is 2.71. The van der Waals surface area contributed by atoms with Gasteiger partial charge in [0.05, 0.1) is 19.9 Å². The van der Waals surface area contributed by atoms with Gasteiger partial charge in [0, 0.05) is 29.5 Å². The molecule has 1 amide bonds. The smallest absolute Gasteiger partial charge is 0.226 e. The van der Waals surface area contributed by atoms with E-state index in [1.807, 2.05) is 12.1 Å². The van der Waals surface area contributed by atoms with Gasteiger partial charge in [-0.1, -0.05) is 16.8 Å². The van der Waals surface area contributed by atoms with Gasteiger partial charge in [-0.15, -0.1) is 0 Å². The van der Waals surface area contributed by atoms with Gasteiger partial charge in [0.2, 0.25) is 17.6 Å². The number of carbonyl (C=O) groups is 1. The van der Waals surface area contributed by atoms with Gasteiger partial charge in [-0.2, -0.15) is 4.98 Å². The summed E-state index contributed by atoms with van der Waals surface area (Å²) in [5.74, 6) is 2.06. The third kappa shape index (κ3) is 5.01. The SMILES string of the molecule is COc1ccc(NC(=O)CCCc2nc(-c3ccc(Cl)cc3)no2)c(OC)c1. The van der Waals surface area contributed by atoms with Gasteiger partial charge in [-0.05, 0) is 42.8 Å². The number of nitrogens with one attached hydrogen (secondary N) is 1. The van der Waals surface area contributed by atoms with E-state index >= 15 is 0 Å². The number of hydrogen-bond donors (Lipinski definition) is 1. The molecule has 0 saturated carbocycles. The maximum atomic E-state index is 12.2. The van der Waals surface area contributed by atoms with Crippen molar-refractivity contribution in [1.29, 1.82) is 0 Å². The Hall–Kier alpha value is -3.06. The minimum atomic E-state index is -0.124. The average Bonchev–Trinajstić information content (AvgIpc) is 3.17. The Kier molecular flexibility index (Phi) is 6.49. The third-order valence-corrected chi connectivity index (χ3v) is 4.30. The number of amides is 1. The zero-order chi connectivity index (χ0) is 19.9. The molecule has 0 atom stereocenters. The van der Waals surface area contributed by atoms with Gasteiger partial charge in [-0.3, -0.25) is 4.79 Å². The molecule has 0 spiro atoms. The Bertz CT molecular complexity index is 941. The summed E-state index contributed by atoms with van der Waals surface area (Å²) >= 11 is 5.88. The first kappa shape index (κ1) is 19.7. The lowest BCUT2D eigenvalue weighted by atomic mass is 10.2. The van der Waals surface area contributed by atoms with Crippen LogP contribution in [-0.2, 0) is 11.2 Å². The van der Waals surface area contributed by atoms with E-state index in [2.05, 4.69) is 15.5 Å². The van der Waals surface area contributed by atoms with Gasteiger partial charge in [-0.25, -0.2) is 0 Å². The molecule has 0 aliphatic carbocycles. The lowest BCUT2D eigenvalue weighted by Crippen LogP contribution is -2.12. The van der Waals surface area contributed by atoms with Crippen LogP contribution in [0, 0.1) is 0 Å². The summed E-state index contributed by atoms with van der Waals surface area (Å²) in [5.41, 5.74) is 1.42. The maximum absolute atomic E-state index is 12.2. The van der Waals surface area contributed by atoms with E-state index in [0.29, 0.717) is 53.2 Å². The fourth-order valence-electron chi connectivity index (χ4n) is 2.59. The summed E-state index contributed by atoms with van der Waals surface area (Å²) in [6.45, 7) is 0. The van der Waals surface area contributed by atoms with E-state index in [4.69, 9.17) is 25.6 Å². The molecule has 1 N–H and O–H groups in total. The quantitative estimate of drug-likeness (QED) is 0.603. The summed E-state index contributed by atoms with van der Waals surface area (Å²) < 4.78 is 15.7. The molecule has 0 radical (unpaired) electrons. The van der Waals surface area contributed by atoms with E-state index in [1.54, 1.807) is 37.4 Å². The van der Waals surface area contributed by atoms with E-state index in [1.165, 1.54) is 7.11 Å². The van der Waals surface area contributed by atoms with Crippen molar-refractivity contribution in [2.24, 2.45) is 0 Å². The largest absolute Gasteiger partial charge is 0.497 e. The van der Waals surface area contributed by atoms with Crippen molar-refractivity contribution in [2.75, 3.05) is 19.5 Å². The maximum Gasteiger partial charge on any atom is 0.226 e. The van der Waals surface area contributed by atoms with Crippen molar-refractivity contribution in [3.8, 4) is 22.9 Å². The first-order chi connectivity index (χ1) is 13.6. The van der Waals surface area contributed by atoms with E-state index in [0.717, 1.165) is 5.56 Å². The number of carbonyl (C=O) groups excluding carboxylic acids is 1. The lowest BCUT2D eigenvalue weighted by Gasteiger charge is -2.11. The molecule has 146 valence electrons. The number of halogens is 1. The van der Waals surface area contributed by atoms with E-state index in [9.17, 15) is 4.79 Å². The average molecular weight is 402 g/mol. The molecule has 0 aliphatic heterocycles. The fraction of sp³-hybridized carbons (Fsp3) is 0.250. The van der Waals surface area contributed by atoms with Gasteiger partial charge in [0.1, 0.15) is 11.5 Å². The minimum absolute atomic E-state index is 0.124. The Labute approximate surface area is 167 Å². The lowest BCUT2D eigenvalue weighted by molar-refractivity contribution is -0.116. The Morgan fingerprint density at radius 2 is 1.93 bits per heavy atom. The molecule has 8 heteroatoms. The van der Waals surface area contributed by atoms with E-state index < -0.39 is 0 Å². The second-order valence-electron chi connectivity index (χ2n) is 5.99. The highest BCUT2D eigenvalue weighted by molar-refractivity contribution is 6.30. The normalized spacial score (nSPS) is 10.5. The van der Waals surface area contributed by atoms with Crippen LogP contribution < -0.4 is 14.8 Å². The third-order valence-electron chi connectivity index (χ3n) is 4.05. The number of nitrogens with zero attached hydrogens (tertiary/aromatic N) is 2. The molecule has 3 rings (SSSR count). The molecule has 0 fully saturated rings. The summed E-state index contributed by atoms with van der Waals surface area (Å²) in [7, 11) is 3.11. The predicted molar refractivity (Wildman–Crippen MR) is 106 cm³/mol. The van der Waals surface area contributed by atoms with Gasteiger partial charge in [0.25, 0.3) is 0 Å². The van der Waals surface area contributed by atoms with Crippen LogP contribution >= 0.6 is 11.6 Å².